The van der Waals surface area contributed by atoms with E-state index >= 15 is 0 Å². The molecule has 0 fully saturated rings. The molecule has 0 aromatic heterocycles. The van der Waals surface area contributed by atoms with Crippen molar-refractivity contribution in [3.63, 3.8) is 0 Å². The van der Waals surface area contributed by atoms with Crippen molar-refractivity contribution >= 4 is 17.6 Å². The highest BCUT2D eigenvalue weighted by Crippen LogP contribution is 2.21. The Morgan fingerprint density at radius 3 is 2.70 bits per heavy atom. The van der Waals surface area contributed by atoms with E-state index in [2.05, 4.69) is 22.3 Å². The molecule has 1 aliphatic heterocycles. The van der Waals surface area contributed by atoms with Crippen molar-refractivity contribution in [2.75, 3.05) is 25.5 Å². The molecule has 0 bridgehead atoms. The minimum absolute atomic E-state index is 0.0648. The molecule has 0 spiro atoms. The smallest absolute Gasteiger partial charge is 0.308 e. The highest BCUT2D eigenvalue weighted by atomic mass is 16.5. The highest BCUT2D eigenvalue weighted by Gasteiger charge is 2.26. The van der Waals surface area contributed by atoms with E-state index in [1.165, 1.54) is 11.1 Å². The van der Waals surface area contributed by atoms with E-state index in [0.29, 0.717) is 18.0 Å². The molecule has 1 aliphatic rings. The Kier molecular flexibility index (Phi) is 6.08. The Labute approximate surface area is 158 Å². The molecule has 1 heterocycles. The third kappa shape index (κ3) is 5.08. The summed E-state index contributed by atoms with van der Waals surface area (Å²) in [6.45, 7) is 1.88. The van der Waals surface area contributed by atoms with Gasteiger partial charge in [0.2, 0.25) is 5.91 Å². The maximum Gasteiger partial charge on any atom is 0.308 e. The van der Waals surface area contributed by atoms with Gasteiger partial charge in [-0.25, -0.2) is 0 Å². The number of rotatable bonds is 7. The Morgan fingerprint density at radius 2 is 1.96 bits per heavy atom. The van der Waals surface area contributed by atoms with Crippen LogP contribution in [0.3, 0.4) is 0 Å². The average Bonchev–Trinajstić information content (AvgIpc) is 2.67. The van der Waals surface area contributed by atoms with Gasteiger partial charge in [0.05, 0.1) is 13.0 Å². The summed E-state index contributed by atoms with van der Waals surface area (Å²) in [5, 5.41) is 12.3. The van der Waals surface area contributed by atoms with E-state index in [9.17, 15) is 14.7 Å². The van der Waals surface area contributed by atoms with Crippen LogP contribution in [0.2, 0.25) is 0 Å². The number of aliphatic carboxylic acids is 1. The molecule has 2 aromatic rings. The lowest BCUT2D eigenvalue weighted by Gasteiger charge is -2.30. The minimum atomic E-state index is -0.949. The van der Waals surface area contributed by atoms with Crippen molar-refractivity contribution in [2.45, 2.75) is 19.4 Å². The molecule has 3 rings (SSSR count). The second-order valence-electron chi connectivity index (χ2n) is 6.77. The largest absolute Gasteiger partial charge is 0.497 e. The fourth-order valence-corrected chi connectivity index (χ4v) is 3.39. The quantitative estimate of drug-likeness (QED) is 0.786. The molecule has 6 heteroatoms. The molecule has 142 valence electrons. The predicted molar refractivity (Wildman–Crippen MR) is 103 cm³/mol. The van der Waals surface area contributed by atoms with Crippen molar-refractivity contribution in [1.82, 2.24) is 4.90 Å². The first-order chi connectivity index (χ1) is 13.0. The number of hydrogen-bond acceptors (Lipinski definition) is 4. The Bertz CT molecular complexity index is 821. The molecular weight excluding hydrogens is 344 g/mol. The van der Waals surface area contributed by atoms with Crippen LogP contribution in [-0.4, -0.2) is 42.1 Å². The van der Waals surface area contributed by atoms with Gasteiger partial charge in [-0.05, 0) is 29.7 Å². The average molecular weight is 368 g/mol. The van der Waals surface area contributed by atoms with Crippen molar-refractivity contribution < 1.29 is 19.4 Å². The number of fused-ring (bicyclic) bond motifs is 1. The molecule has 1 amide bonds. The van der Waals surface area contributed by atoms with Crippen LogP contribution in [0, 0.1) is 5.92 Å². The van der Waals surface area contributed by atoms with E-state index in [1.54, 1.807) is 31.4 Å². The Balaban J connectivity index is 1.59. The molecule has 2 aromatic carbocycles. The number of hydrogen-bond donors (Lipinski definition) is 2. The number of nitrogens with zero attached hydrogens (tertiary/aromatic N) is 1. The van der Waals surface area contributed by atoms with Crippen molar-refractivity contribution in [1.29, 1.82) is 0 Å². The molecular formula is C21H24N2O4. The summed E-state index contributed by atoms with van der Waals surface area (Å²) in [7, 11) is 1.55. The zero-order valence-corrected chi connectivity index (χ0v) is 15.4. The summed E-state index contributed by atoms with van der Waals surface area (Å²) in [6.07, 6.45) is 0.837. The normalized spacial score (nSPS) is 14.9. The first kappa shape index (κ1) is 18.9. The number of carbonyl (C=O) groups excluding carboxylic acids is 1. The molecule has 6 nitrogen and oxygen atoms in total. The molecule has 1 atom stereocenters. The second kappa shape index (κ2) is 8.68. The summed E-state index contributed by atoms with van der Waals surface area (Å²) in [5.41, 5.74) is 3.14. The molecule has 0 unspecified atom stereocenters. The maximum atomic E-state index is 12.3. The third-order valence-corrected chi connectivity index (χ3v) is 4.82. The summed E-state index contributed by atoms with van der Waals surface area (Å²) < 4.78 is 5.13. The van der Waals surface area contributed by atoms with Gasteiger partial charge in [0.25, 0.3) is 0 Å². The van der Waals surface area contributed by atoms with Gasteiger partial charge in [0, 0.05) is 37.8 Å². The topological polar surface area (TPSA) is 78.9 Å². The van der Waals surface area contributed by atoms with Crippen molar-refractivity contribution in [3.05, 3.63) is 59.7 Å². The van der Waals surface area contributed by atoms with Gasteiger partial charge in [-0.3, -0.25) is 14.5 Å². The number of nitrogens with one attached hydrogen (secondary N) is 1. The molecule has 0 aliphatic carbocycles. The monoisotopic (exact) mass is 368 g/mol. The number of carbonyl (C=O) groups is 2. The summed E-state index contributed by atoms with van der Waals surface area (Å²) in [5.74, 6) is -1.38. The molecule has 2 N–H and O–H groups in total. The van der Waals surface area contributed by atoms with Crippen LogP contribution >= 0.6 is 0 Å². The van der Waals surface area contributed by atoms with Crippen molar-refractivity contribution in [3.8, 4) is 5.75 Å². The molecule has 27 heavy (non-hydrogen) atoms. The standard InChI is InChI=1S/C21H24N2O4/c1-27-19-8-4-7-18(12-19)22-20(24)11-17(21(25)26)14-23-10-9-15-5-2-3-6-16(15)13-23/h2-8,12,17H,9-11,13-14H2,1H3,(H,22,24)(H,25,26)/t17-/m0/s1. The van der Waals surface area contributed by atoms with Crippen LogP contribution in [-0.2, 0) is 22.6 Å². The van der Waals surface area contributed by atoms with Gasteiger partial charge in [-0.1, -0.05) is 30.3 Å². The van der Waals surface area contributed by atoms with E-state index in [1.807, 2.05) is 12.1 Å². The summed E-state index contributed by atoms with van der Waals surface area (Å²) in [6, 6.07) is 15.2. The van der Waals surface area contributed by atoms with E-state index in [0.717, 1.165) is 19.5 Å². The Morgan fingerprint density at radius 1 is 1.19 bits per heavy atom. The third-order valence-electron chi connectivity index (χ3n) is 4.82. The Hall–Kier alpha value is -2.86. The van der Waals surface area contributed by atoms with Gasteiger partial charge in [-0.2, -0.15) is 0 Å². The zero-order chi connectivity index (χ0) is 19.2. The van der Waals surface area contributed by atoms with Crippen LogP contribution < -0.4 is 10.1 Å². The lowest BCUT2D eigenvalue weighted by molar-refractivity contribution is -0.144. The zero-order valence-electron chi connectivity index (χ0n) is 15.4. The summed E-state index contributed by atoms with van der Waals surface area (Å²) >= 11 is 0. The first-order valence-electron chi connectivity index (χ1n) is 9.01. The number of methoxy groups -OCH3 is 1. The molecule has 0 saturated heterocycles. The first-order valence-corrected chi connectivity index (χ1v) is 9.01. The van der Waals surface area contributed by atoms with Gasteiger partial charge < -0.3 is 15.2 Å². The number of amides is 1. The fourth-order valence-electron chi connectivity index (χ4n) is 3.39. The van der Waals surface area contributed by atoms with E-state index in [4.69, 9.17) is 4.74 Å². The number of benzene rings is 2. The molecule has 0 radical (unpaired) electrons. The van der Waals surface area contributed by atoms with Gasteiger partial charge in [0.15, 0.2) is 0 Å². The number of carboxylic acids is 1. The number of ether oxygens (including phenoxy) is 1. The van der Waals surface area contributed by atoms with Gasteiger partial charge in [-0.15, -0.1) is 0 Å². The highest BCUT2D eigenvalue weighted by molar-refractivity contribution is 5.93. The van der Waals surface area contributed by atoms with Crippen LogP contribution in [0.15, 0.2) is 48.5 Å². The van der Waals surface area contributed by atoms with Crippen molar-refractivity contribution in [2.24, 2.45) is 5.92 Å². The fraction of sp³-hybridized carbons (Fsp3) is 0.333. The van der Waals surface area contributed by atoms with E-state index < -0.39 is 11.9 Å². The second-order valence-corrected chi connectivity index (χ2v) is 6.77. The van der Waals surface area contributed by atoms with Crippen LogP contribution in [0.4, 0.5) is 5.69 Å². The minimum Gasteiger partial charge on any atom is -0.497 e. The van der Waals surface area contributed by atoms with Gasteiger partial charge in [0.1, 0.15) is 5.75 Å². The van der Waals surface area contributed by atoms with Crippen LogP contribution in [0.1, 0.15) is 17.5 Å². The van der Waals surface area contributed by atoms with Crippen LogP contribution in [0.25, 0.3) is 0 Å². The van der Waals surface area contributed by atoms with Crippen LogP contribution in [0.5, 0.6) is 5.75 Å². The number of carboxylic acid groups (broad SMARTS) is 1. The maximum absolute atomic E-state index is 12.3. The summed E-state index contributed by atoms with van der Waals surface area (Å²) in [4.78, 5) is 26.1. The lowest BCUT2D eigenvalue weighted by Crippen LogP contribution is -2.38. The van der Waals surface area contributed by atoms with Gasteiger partial charge >= 0.3 is 5.97 Å². The SMILES string of the molecule is COc1cccc(NC(=O)C[C@@H](CN2CCc3ccccc3C2)C(=O)O)c1. The lowest BCUT2D eigenvalue weighted by atomic mass is 9.97. The molecule has 0 saturated carbocycles. The predicted octanol–water partition coefficient (Wildman–Crippen LogP) is 2.78. The van der Waals surface area contributed by atoms with E-state index in [-0.39, 0.29) is 12.3 Å². The number of anilines is 1.